The maximum Gasteiger partial charge on any atom is 0.275 e. The number of rotatable bonds is 4. The molecule has 0 unspecified atom stereocenters. The zero-order valence-corrected chi connectivity index (χ0v) is 13.8. The molecule has 1 saturated carbocycles. The highest BCUT2D eigenvalue weighted by atomic mass is 15.3. The molecule has 0 bridgehead atoms. The van der Waals surface area contributed by atoms with Crippen molar-refractivity contribution in [3.63, 3.8) is 0 Å². The van der Waals surface area contributed by atoms with E-state index in [1.54, 1.807) is 10.7 Å². The van der Waals surface area contributed by atoms with Crippen LogP contribution >= 0.6 is 0 Å². The van der Waals surface area contributed by atoms with Crippen molar-refractivity contribution in [2.75, 3.05) is 10.6 Å². The average molecular weight is 320 g/mol. The van der Waals surface area contributed by atoms with Gasteiger partial charge >= 0.3 is 0 Å². The molecular weight excluding hydrogens is 300 g/mol. The monoisotopic (exact) mass is 320 g/mol. The van der Waals surface area contributed by atoms with E-state index in [1.807, 2.05) is 50.2 Å². The summed E-state index contributed by atoms with van der Waals surface area (Å²) in [5.74, 6) is 1.09. The van der Waals surface area contributed by atoms with E-state index in [2.05, 4.69) is 25.6 Å². The SMILES string of the molecule is CC.[C-]#[N+]c1cnc2c(NC3CC3)cc(Nc3ccccc3)nn12. The molecule has 4 rings (SSSR count). The first-order valence-electron chi connectivity index (χ1n) is 8.18. The molecule has 1 aliphatic carbocycles. The summed E-state index contributed by atoms with van der Waals surface area (Å²) >= 11 is 0. The molecule has 1 fully saturated rings. The molecule has 2 N–H and O–H groups in total. The molecular formula is C18H20N6. The van der Waals surface area contributed by atoms with Gasteiger partial charge in [-0.05, 0) is 25.0 Å². The van der Waals surface area contributed by atoms with Crippen LogP contribution in [0.15, 0.2) is 42.6 Å². The van der Waals surface area contributed by atoms with E-state index in [0.29, 0.717) is 23.3 Å². The molecule has 0 amide bonds. The van der Waals surface area contributed by atoms with E-state index in [0.717, 1.165) is 11.4 Å². The van der Waals surface area contributed by atoms with Gasteiger partial charge < -0.3 is 15.5 Å². The number of imidazole rings is 1. The van der Waals surface area contributed by atoms with Crippen LogP contribution in [0.4, 0.5) is 23.0 Å². The number of aromatic nitrogens is 3. The third kappa shape index (κ3) is 3.30. The van der Waals surface area contributed by atoms with E-state index in [4.69, 9.17) is 6.57 Å². The van der Waals surface area contributed by atoms with Crippen molar-refractivity contribution >= 4 is 28.7 Å². The Morgan fingerprint density at radius 2 is 1.96 bits per heavy atom. The Morgan fingerprint density at radius 1 is 1.21 bits per heavy atom. The number of nitrogens with one attached hydrogen (secondary N) is 2. The van der Waals surface area contributed by atoms with Crippen molar-refractivity contribution in [3.8, 4) is 0 Å². The molecule has 2 aromatic heterocycles. The number of anilines is 3. The number of hydrogen-bond acceptors (Lipinski definition) is 4. The van der Waals surface area contributed by atoms with Crippen molar-refractivity contribution in [1.29, 1.82) is 0 Å². The molecule has 3 aromatic rings. The number of nitrogens with zero attached hydrogens (tertiary/aromatic N) is 4. The van der Waals surface area contributed by atoms with Crippen molar-refractivity contribution in [1.82, 2.24) is 14.6 Å². The molecule has 1 aromatic carbocycles. The normalized spacial score (nSPS) is 12.9. The van der Waals surface area contributed by atoms with Gasteiger partial charge in [-0.25, -0.2) is 4.98 Å². The van der Waals surface area contributed by atoms with Gasteiger partial charge in [0.05, 0.1) is 6.20 Å². The minimum absolute atomic E-state index is 0.408. The molecule has 6 heteroatoms. The topological polar surface area (TPSA) is 58.6 Å². The van der Waals surface area contributed by atoms with Gasteiger partial charge in [0.25, 0.3) is 11.5 Å². The summed E-state index contributed by atoms with van der Waals surface area (Å²) in [6, 6.07) is 12.3. The Hall–Kier alpha value is -3.07. The molecule has 1 aliphatic rings. The van der Waals surface area contributed by atoms with Crippen LogP contribution in [-0.2, 0) is 0 Å². The Balaban J connectivity index is 0.000000815. The van der Waals surface area contributed by atoms with Crippen LogP contribution in [0.5, 0.6) is 0 Å². The van der Waals surface area contributed by atoms with Crippen LogP contribution in [-0.4, -0.2) is 20.6 Å². The van der Waals surface area contributed by atoms with Crippen LogP contribution in [0.1, 0.15) is 26.7 Å². The molecule has 0 saturated heterocycles. The maximum absolute atomic E-state index is 7.24. The third-order valence-corrected chi connectivity index (χ3v) is 3.55. The van der Waals surface area contributed by atoms with Gasteiger partial charge in [0.1, 0.15) is 5.69 Å². The standard InChI is InChI=1S/C16H14N6.C2H6/c1-17-15-10-18-16-13(19-12-7-8-12)9-14(21-22(15)16)20-11-5-3-2-4-6-11;1-2/h2-6,9-10,12,19H,7-8H2,(H,20,21);1-2H3. The van der Waals surface area contributed by atoms with Crippen LogP contribution < -0.4 is 10.6 Å². The number of fused-ring (bicyclic) bond motifs is 1. The van der Waals surface area contributed by atoms with Crippen LogP contribution in [0, 0.1) is 6.57 Å². The van der Waals surface area contributed by atoms with Crippen molar-refractivity contribution in [3.05, 3.63) is 54.0 Å². The average Bonchev–Trinajstić information content (AvgIpc) is 3.34. The van der Waals surface area contributed by atoms with Gasteiger partial charge in [-0.1, -0.05) is 43.7 Å². The highest BCUT2D eigenvalue weighted by Gasteiger charge is 2.24. The zero-order chi connectivity index (χ0) is 16.9. The van der Waals surface area contributed by atoms with Crippen molar-refractivity contribution in [2.24, 2.45) is 0 Å². The van der Waals surface area contributed by atoms with E-state index >= 15 is 0 Å². The molecule has 0 radical (unpaired) electrons. The van der Waals surface area contributed by atoms with Crippen molar-refractivity contribution < 1.29 is 0 Å². The molecule has 2 heterocycles. The van der Waals surface area contributed by atoms with E-state index in [9.17, 15) is 0 Å². The van der Waals surface area contributed by atoms with E-state index < -0.39 is 0 Å². The molecule has 0 atom stereocenters. The summed E-state index contributed by atoms with van der Waals surface area (Å²) in [5.41, 5.74) is 2.55. The van der Waals surface area contributed by atoms with Gasteiger partial charge in [0.15, 0.2) is 5.82 Å². The predicted molar refractivity (Wildman–Crippen MR) is 97.0 cm³/mol. The second kappa shape index (κ2) is 7.01. The van der Waals surface area contributed by atoms with E-state index in [-0.39, 0.29) is 0 Å². The number of para-hydroxylation sites is 1. The largest absolute Gasteiger partial charge is 0.377 e. The minimum Gasteiger partial charge on any atom is -0.377 e. The Morgan fingerprint density at radius 3 is 2.62 bits per heavy atom. The molecule has 122 valence electrons. The first kappa shape index (κ1) is 15.8. The van der Waals surface area contributed by atoms with Crippen LogP contribution in [0.2, 0.25) is 0 Å². The molecule has 0 aliphatic heterocycles. The van der Waals surface area contributed by atoms with Gasteiger partial charge in [0, 0.05) is 17.8 Å². The highest BCUT2D eigenvalue weighted by molar-refractivity contribution is 5.74. The fourth-order valence-electron chi connectivity index (χ4n) is 2.32. The second-order valence-electron chi connectivity index (χ2n) is 5.32. The molecule has 0 spiro atoms. The number of benzene rings is 1. The molecule has 24 heavy (non-hydrogen) atoms. The van der Waals surface area contributed by atoms with Gasteiger partial charge in [-0.2, -0.15) is 0 Å². The highest BCUT2D eigenvalue weighted by Crippen LogP contribution is 2.30. The van der Waals surface area contributed by atoms with Crippen LogP contribution in [0.3, 0.4) is 0 Å². The van der Waals surface area contributed by atoms with Crippen molar-refractivity contribution in [2.45, 2.75) is 32.7 Å². The molecule has 6 nitrogen and oxygen atoms in total. The first-order chi connectivity index (χ1) is 11.8. The summed E-state index contributed by atoms with van der Waals surface area (Å²) < 4.78 is 1.59. The quantitative estimate of drug-likeness (QED) is 0.688. The maximum atomic E-state index is 7.24. The fraction of sp³-hybridized carbons (Fsp3) is 0.278. The lowest BCUT2D eigenvalue weighted by molar-refractivity contribution is 0.953. The smallest absolute Gasteiger partial charge is 0.275 e. The van der Waals surface area contributed by atoms with E-state index in [1.165, 1.54) is 12.8 Å². The Labute approximate surface area is 141 Å². The first-order valence-corrected chi connectivity index (χ1v) is 8.18. The Kier molecular flexibility index (Phi) is 4.62. The second-order valence-corrected chi connectivity index (χ2v) is 5.32. The fourth-order valence-corrected chi connectivity index (χ4v) is 2.32. The lowest BCUT2D eigenvalue weighted by Gasteiger charge is -2.09. The summed E-state index contributed by atoms with van der Waals surface area (Å²) in [5, 5.41) is 11.2. The minimum atomic E-state index is 0.408. The third-order valence-electron chi connectivity index (χ3n) is 3.55. The summed E-state index contributed by atoms with van der Waals surface area (Å²) in [6.07, 6.45) is 3.90. The summed E-state index contributed by atoms with van der Waals surface area (Å²) in [4.78, 5) is 7.79. The van der Waals surface area contributed by atoms with Gasteiger partial charge in [-0.15, -0.1) is 4.52 Å². The van der Waals surface area contributed by atoms with Gasteiger partial charge in [0.2, 0.25) is 0 Å². The summed E-state index contributed by atoms with van der Waals surface area (Å²) in [6.45, 7) is 11.2. The lowest BCUT2D eigenvalue weighted by atomic mass is 10.3. The van der Waals surface area contributed by atoms with Gasteiger partial charge in [-0.3, -0.25) is 0 Å². The lowest BCUT2D eigenvalue weighted by Crippen LogP contribution is -2.06. The predicted octanol–water partition coefficient (Wildman–Crippen LogP) is 4.62. The summed E-state index contributed by atoms with van der Waals surface area (Å²) in [7, 11) is 0. The zero-order valence-electron chi connectivity index (χ0n) is 13.8. The Bertz CT molecular complexity index is 858. The number of hydrogen-bond donors (Lipinski definition) is 2. The van der Waals surface area contributed by atoms with Crippen LogP contribution in [0.25, 0.3) is 10.5 Å².